The van der Waals surface area contributed by atoms with Gasteiger partial charge in [0.25, 0.3) is 11.6 Å². The van der Waals surface area contributed by atoms with Gasteiger partial charge in [-0.2, -0.15) is 5.10 Å². The number of carbonyl (C=O) groups is 1. The van der Waals surface area contributed by atoms with Crippen molar-refractivity contribution < 1.29 is 23.8 Å². The number of nitro benzene ring substituents is 2. The fourth-order valence-electron chi connectivity index (χ4n) is 2.64. The largest absolute Gasteiger partial charge is 0.477 e. The first-order chi connectivity index (χ1) is 14.8. The van der Waals surface area contributed by atoms with Gasteiger partial charge in [0, 0.05) is 12.1 Å². The molecule has 1 heterocycles. The SMILES string of the molecule is Cc1ccc(OCC(=O)NN=Cc2ccc(-c3ccccc3[N+](=O)[O-])o2)c([N+](=O)[O-])c1. The molecule has 31 heavy (non-hydrogen) atoms. The van der Waals surface area contributed by atoms with Gasteiger partial charge in [-0.15, -0.1) is 0 Å². The molecular formula is C20H16N4O7. The smallest absolute Gasteiger partial charge is 0.311 e. The van der Waals surface area contributed by atoms with E-state index < -0.39 is 22.4 Å². The Hall–Kier alpha value is -4.54. The maximum Gasteiger partial charge on any atom is 0.311 e. The minimum Gasteiger partial charge on any atom is -0.477 e. The Balaban J connectivity index is 1.59. The van der Waals surface area contributed by atoms with Crippen molar-refractivity contribution in [2.75, 3.05) is 6.61 Å². The van der Waals surface area contributed by atoms with Crippen molar-refractivity contribution in [3.05, 3.63) is 86.1 Å². The van der Waals surface area contributed by atoms with Crippen molar-refractivity contribution in [1.82, 2.24) is 5.43 Å². The van der Waals surface area contributed by atoms with Crippen molar-refractivity contribution in [2.24, 2.45) is 5.10 Å². The Morgan fingerprint density at radius 1 is 1.10 bits per heavy atom. The lowest BCUT2D eigenvalue weighted by molar-refractivity contribution is -0.385. The van der Waals surface area contributed by atoms with Crippen LogP contribution in [-0.2, 0) is 4.79 Å². The molecule has 1 aromatic heterocycles. The number of para-hydroxylation sites is 1. The van der Waals surface area contributed by atoms with E-state index in [2.05, 4.69) is 10.5 Å². The Morgan fingerprint density at radius 3 is 2.58 bits per heavy atom. The number of furan rings is 1. The average Bonchev–Trinajstić information content (AvgIpc) is 3.21. The van der Waals surface area contributed by atoms with Crippen LogP contribution in [0.3, 0.4) is 0 Å². The number of nitrogens with one attached hydrogen (secondary N) is 1. The van der Waals surface area contributed by atoms with Gasteiger partial charge in [-0.25, -0.2) is 5.43 Å². The minimum atomic E-state index is -0.642. The molecule has 0 aliphatic rings. The second kappa shape index (κ2) is 9.31. The van der Waals surface area contributed by atoms with E-state index in [1.165, 1.54) is 30.5 Å². The summed E-state index contributed by atoms with van der Waals surface area (Å²) >= 11 is 0. The zero-order valence-corrected chi connectivity index (χ0v) is 16.2. The molecule has 0 fully saturated rings. The molecule has 0 radical (unpaired) electrons. The normalized spacial score (nSPS) is 10.7. The molecule has 1 amide bonds. The van der Waals surface area contributed by atoms with E-state index in [0.717, 1.165) is 0 Å². The topological polar surface area (TPSA) is 150 Å². The number of nitro groups is 2. The van der Waals surface area contributed by atoms with Crippen LogP contribution in [0.1, 0.15) is 11.3 Å². The summed E-state index contributed by atoms with van der Waals surface area (Å²) < 4.78 is 10.7. The van der Waals surface area contributed by atoms with Gasteiger partial charge >= 0.3 is 5.69 Å². The first-order valence-corrected chi connectivity index (χ1v) is 8.88. The molecule has 3 rings (SSSR count). The Morgan fingerprint density at radius 2 is 1.84 bits per heavy atom. The lowest BCUT2D eigenvalue weighted by Gasteiger charge is -2.06. The average molecular weight is 424 g/mol. The summed E-state index contributed by atoms with van der Waals surface area (Å²) in [4.78, 5) is 33.0. The number of aryl methyl sites for hydroxylation is 1. The van der Waals surface area contributed by atoms with Crippen LogP contribution in [0.2, 0.25) is 0 Å². The highest BCUT2D eigenvalue weighted by Crippen LogP contribution is 2.30. The number of hydrogen-bond acceptors (Lipinski definition) is 8. The molecule has 0 saturated heterocycles. The molecule has 0 spiro atoms. The predicted octanol–water partition coefficient (Wildman–Crippen LogP) is 3.60. The number of amides is 1. The second-order valence-electron chi connectivity index (χ2n) is 6.29. The summed E-state index contributed by atoms with van der Waals surface area (Å²) in [6, 6.07) is 13.6. The van der Waals surface area contributed by atoms with Gasteiger partial charge < -0.3 is 9.15 Å². The monoisotopic (exact) mass is 424 g/mol. The summed E-state index contributed by atoms with van der Waals surface area (Å²) in [6.07, 6.45) is 1.21. The van der Waals surface area contributed by atoms with Crippen LogP contribution in [0, 0.1) is 27.2 Å². The van der Waals surface area contributed by atoms with Gasteiger partial charge in [-0.3, -0.25) is 25.0 Å². The summed E-state index contributed by atoms with van der Waals surface area (Å²) in [7, 11) is 0. The minimum absolute atomic E-state index is 0.0325. The van der Waals surface area contributed by atoms with Crippen molar-refractivity contribution in [1.29, 1.82) is 0 Å². The lowest BCUT2D eigenvalue weighted by atomic mass is 10.1. The third kappa shape index (κ3) is 5.29. The molecule has 0 aliphatic carbocycles. The number of rotatable bonds is 8. The number of hydrazone groups is 1. The van der Waals surface area contributed by atoms with Crippen LogP contribution in [-0.4, -0.2) is 28.6 Å². The van der Waals surface area contributed by atoms with E-state index in [0.29, 0.717) is 11.1 Å². The predicted molar refractivity (Wildman–Crippen MR) is 110 cm³/mol. The van der Waals surface area contributed by atoms with Crippen LogP contribution in [0.15, 0.2) is 64.1 Å². The van der Waals surface area contributed by atoms with Crippen molar-refractivity contribution in [3.8, 4) is 17.1 Å². The summed E-state index contributed by atoms with van der Waals surface area (Å²) in [5.74, 6) is -0.148. The molecule has 158 valence electrons. The van der Waals surface area contributed by atoms with Gasteiger partial charge in [0.1, 0.15) is 11.5 Å². The van der Waals surface area contributed by atoms with Crippen molar-refractivity contribution in [2.45, 2.75) is 6.92 Å². The maximum atomic E-state index is 11.9. The lowest BCUT2D eigenvalue weighted by Crippen LogP contribution is -2.24. The van der Waals surface area contributed by atoms with Crippen molar-refractivity contribution >= 4 is 23.5 Å². The zero-order chi connectivity index (χ0) is 22.4. The van der Waals surface area contributed by atoms with Crippen molar-refractivity contribution in [3.63, 3.8) is 0 Å². The zero-order valence-electron chi connectivity index (χ0n) is 16.2. The van der Waals surface area contributed by atoms with Gasteiger partial charge in [0.15, 0.2) is 12.4 Å². The fraction of sp³-hybridized carbons (Fsp3) is 0.100. The Kier molecular flexibility index (Phi) is 6.36. The van der Waals surface area contributed by atoms with Crippen LogP contribution < -0.4 is 10.2 Å². The number of nitrogens with zero attached hydrogens (tertiary/aromatic N) is 3. The van der Waals surface area contributed by atoms with E-state index in [1.807, 2.05) is 0 Å². The highest BCUT2D eigenvalue weighted by molar-refractivity contribution is 5.82. The summed E-state index contributed by atoms with van der Waals surface area (Å²) in [5, 5.41) is 25.9. The molecule has 0 aliphatic heterocycles. The Labute approximate surface area is 175 Å². The highest BCUT2D eigenvalue weighted by Gasteiger charge is 2.17. The van der Waals surface area contributed by atoms with Gasteiger partial charge in [-0.1, -0.05) is 18.2 Å². The first-order valence-electron chi connectivity index (χ1n) is 8.88. The summed E-state index contributed by atoms with van der Waals surface area (Å²) in [5.41, 5.74) is 2.86. The quantitative estimate of drug-likeness (QED) is 0.330. The molecule has 0 unspecified atom stereocenters. The van der Waals surface area contributed by atoms with Crippen LogP contribution in [0.25, 0.3) is 11.3 Å². The van der Waals surface area contributed by atoms with E-state index in [9.17, 15) is 25.0 Å². The van der Waals surface area contributed by atoms with E-state index >= 15 is 0 Å². The molecular weight excluding hydrogens is 408 g/mol. The molecule has 11 nitrogen and oxygen atoms in total. The highest BCUT2D eigenvalue weighted by atomic mass is 16.6. The summed E-state index contributed by atoms with van der Waals surface area (Å²) in [6.45, 7) is 1.22. The van der Waals surface area contributed by atoms with E-state index in [1.54, 1.807) is 37.3 Å². The third-order valence-electron chi connectivity index (χ3n) is 4.04. The maximum absolute atomic E-state index is 11.9. The first kappa shape index (κ1) is 21.2. The number of hydrogen-bond donors (Lipinski definition) is 1. The van der Waals surface area contributed by atoms with Crippen LogP contribution in [0.4, 0.5) is 11.4 Å². The van der Waals surface area contributed by atoms with Gasteiger partial charge in [0.2, 0.25) is 0 Å². The third-order valence-corrected chi connectivity index (χ3v) is 4.04. The number of ether oxygens (including phenoxy) is 1. The fourth-order valence-corrected chi connectivity index (χ4v) is 2.64. The standard InChI is InChI=1S/C20H16N4O7/c1-13-6-8-19(17(10-13)24(28)29)30-12-20(25)22-21-11-14-7-9-18(31-14)15-4-2-3-5-16(15)23(26)27/h2-11H,12H2,1H3,(H,22,25). The van der Waals surface area contributed by atoms with Crippen LogP contribution >= 0.6 is 0 Å². The molecule has 0 bridgehead atoms. The van der Waals surface area contributed by atoms with E-state index in [4.69, 9.17) is 9.15 Å². The molecule has 11 heteroatoms. The number of carbonyl (C=O) groups excluding carboxylic acids is 1. The van der Waals surface area contributed by atoms with E-state index in [-0.39, 0.29) is 28.6 Å². The van der Waals surface area contributed by atoms with Gasteiger partial charge in [0.05, 0.1) is 21.6 Å². The van der Waals surface area contributed by atoms with Gasteiger partial charge in [-0.05, 0) is 36.8 Å². The second-order valence-corrected chi connectivity index (χ2v) is 6.29. The number of benzene rings is 2. The molecule has 0 saturated carbocycles. The van der Waals surface area contributed by atoms with Crippen LogP contribution in [0.5, 0.6) is 5.75 Å². The molecule has 2 aromatic carbocycles. The molecule has 0 atom stereocenters. The Bertz CT molecular complexity index is 1170. The molecule has 1 N–H and O–H groups in total. The molecule has 3 aromatic rings.